The van der Waals surface area contributed by atoms with Crippen molar-refractivity contribution >= 4 is 5.97 Å². The molecule has 5 atom stereocenters. The van der Waals surface area contributed by atoms with Gasteiger partial charge in [-0.15, -0.1) is 0 Å². The standard InChI is InChI=1S/C27H52O9/c1-2-3-4-10-13-22(31)14-11-8-6-5-7-9-12-21(15-23(32)18-28)27(26(35)36,16-24(33)19-29)17-25(34)20-30/h8,11,21-25,28-34H,2-7,9-10,12-20H2,1H3,(H,35,36)/t21?,22-,23?,24?,25?,27?/m1/s1. The smallest absolute Gasteiger partial charge is 0.310 e. The summed E-state index contributed by atoms with van der Waals surface area (Å²) in [5.41, 5.74) is -1.69. The molecule has 214 valence electrons. The van der Waals surface area contributed by atoms with Crippen molar-refractivity contribution < 1.29 is 45.6 Å². The highest BCUT2D eigenvalue weighted by molar-refractivity contribution is 5.75. The lowest BCUT2D eigenvalue weighted by molar-refractivity contribution is -0.161. The number of aliphatic hydroxyl groups excluding tert-OH is 7. The highest BCUT2D eigenvalue weighted by Crippen LogP contribution is 2.43. The molecule has 0 rings (SSSR count). The van der Waals surface area contributed by atoms with Crippen molar-refractivity contribution in [2.24, 2.45) is 11.3 Å². The van der Waals surface area contributed by atoms with Gasteiger partial charge in [0, 0.05) is 0 Å². The van der Waals surface area contributed by atoms with Crippen LogP contribution in [0.4, 0.5) is 0 Å². The maximum atomic E-state index is 12.4. The third kappa shape index (κ3) is 14.6. The predicted octanol–water partition coefficient (Wildman–Crippen LogP) is 2.13. The van der Waals surface area contributed by atoms with Gasteiger partial charge in [-0.25, -0.2) is 0 Å². The Morgan fingerprint density at radius 1 is 0.722 bits per heavy atom. The fraction of sp³-hybridized carbons (Fsp3) is 0.889. The molecule has 4 unspecified atom stereocenters. The SMILES string of the molecule is CCCCCC[C@@H](O)CC=CCCCCCC(CC(O)CO)C(CC(O)CO)(CC(O)CO)C(=O)O. The molecule has 0 saturated heterocycles. The molecule has 9 heteroatoms. The van der Waals surface area contributed by atoms with E-state index in [2.05, 4.69) is 6.92 Å². The molecule has 36 heavy (non-hydrogen) atoms. The molecule has 0 spiro atoms. The molecule has 0 saturated carbocycles. The van der Waals surface area contributed by atoms with Gasteiger partial charge >= 0.3 is 5.97 Å². The van der Waals surface area contributed by atoms with Crippen LogP contribution < -0.4 is 0 Å². The molecular weight excluding hydrogens is 468 g/mol. The molecule has 0 aliphatic carbocycles. The number of aliphatic hydroxyl groups is 7. The molecule has 0 radical (unpaired) electrons. The van der Waals surface area contributed by atoms with Crippen LogP contribution in [0.2, 0.25) is 0 Å². The number of hydrogen-bond donors (Lipinski definition) is 8. The highest BCUT2D eigenvalue weighted by Gasteiger charge is 2.48. The van der Waals surface area contributed by atoms with Crippen LogP contribution in [-0.2, 0) is 4.79 Å². The van der Waals surface area contributed by atoms with Gasteiger partial charge in [-0.2, -0.15) is 0 Å². The lowest BCUT2D eigenvalue weighted by Gasteiger charge is -2.40. The lowest BCUT2D eigenvalue weighted by Crippen LogP contribution is -2.46. The quantitative estimate of drug-likeness (QED) is 0.0699. The Morgan fingerprint density at radius 3 is 1.81 bits per heavy atom. The summed E-state index contributed by atoms with van der Waals surface area (Å²) in [4.78, 5) is 12.4. The number of carboxylic acid groups (broad SMARTS) is 1. The van der Waals surface area contributed by atoms with Crippen LogP contribution in [0.1, 0.15) is 96.8 Å². The average Bonchev–Trinajstić information content (AvgIpc) is 2.86. The van der Waals surface area contributed by atoms with Gasteiger partial charge in [0.1, 0.15) is 0 Å². The van der Waals surface area contributed by atoms with E-state index in [1.165, 1.54) is 12.8 Å². The van der Waals surface area contributed by atoms with Crippen LogP contribution in [0.5, 0.6) is 0 Å². The minimum absolute atomic E-state index is 0.0465. The van der Waals surface area contributed by atoms with Gasteiger partial charge < -0.3 is 40.9 Å². The van der Waals surface area contributed by atoms with Gasteiger partial charge in [-0.1, -0.05) is 57.6 Å². The lowest BCUT2D eigenvalue weighted by atomic mass is 9.64. The van der Waals surface area contributed by atoms with Crippen molar-refractivity contribution in [2.45, 2.75) is 121 Å². The Morgan fingerprint density at radius 2 is 1.28 bits per heavy atom. The molecule has 0 aromatic rings. The number of allylic oxidation sites excluding steroid dienone is 1. The largest absolute Gasteiger partial charge is 0.481 e. The molecule has 0 bridgehead atoms. The topological polar surface area (TPSA) is 179 Å². The van der Waals surface area contributed by atoms with Crippen LogP contribution in [0, 0.1) is 11.3 Å². The Hall–Kier alpha value is -1.07. The van der Waals surface area contributed by atoms with Gasteiger partial charge in [0.05, 0.1) is 49.7 Å². The average molecular weight is 521 g/mol. The maximum Gasteiger partial charge on any atom is 0.310 e. The number of unbranched alkanes of at least 4 members (excludes halogenated alkanes) is 6. The van der Waals surface area contributed by atoms with Crippen molar-refractivity contribution in [1.29, 1.82) is 0 Å². The van der Waals surface area contributed by atoms with E-state index >= 15 is 0 Å². The summed E-state index contributed by atoms with van der Waals surface area (Å²) >= 11 is 0. The summed E-state index contributed by atoms with van der Waals surface area (Å²) in [7, 11) is 0. The first-order valence-corrected chi connectivity index (χ1v) is 13.6. The first-order chi connectivity index (χ1) is 17.2. The zero-order valence-electron chi connectivity index (χ0n) is 22.0. The number of carbonyl (C=O) groups is 1. The minimum atomic E-state index is -1.69. The molecule has 8 N–H and O–H groups in total. The van der Waals surface area contributed by atoms with E-state index in [0.29, 0.717) is 19.3 Å². The maximum absolute atomic E-state index is 12.4. The van der Waals surface area contributed by atoms with E-state index in [-0.39, 0.29) is 25.4 Å². The summed E-state index contributed by atoms with van der Waals surface area (Å²) in [5.74, 6) is -1.98. The fourth-order valence-electron chi connectivity index (χ4n) is 4.88. The van der Waals surface area contributed by atoms with E-state index in [1.807, 2.05) is 12.2 Å². The van der Waals surface area contributed by atoms with E-state index in [0.717, 1.165) is 38.5 Å². The molecule has 0 aliphatic heterocycles. The fourth-order valence-corrected chi connectivity index (χ4v) is 4.88. The van der Waals surface area contributed by atoms with Gasteiger partial charge in [0.15, 0.2) is 0 Å². The van der Waals surface area contributed by atoms with E-state index in [9.17, 15) is 45.6 Å². The van der Waals surface area contributed by atoms with Crippen LogP contribution in [0.3, 0.4) is 0 Å². The van der Waals surface area contributed by atoms with Crippen LogP contribution in [0.15, 0.2) is 12.2 Å². The zero-order chi connectivity index (χ0) is 27.4. The molecule has 0 amide bonds. The van der Waals surface area contributed by atoms with E-state index in [1.54, 1.807) is 0 Å². The van der Waals surface area contributed by atoms with Crippen molar-refractivity contribution in [2.75, 3.05) is 19.8 Å². The summed E-state index contributed by atoms with van der Waals surface area (Å²) in [5, 5.41) is 78.4. The number of rotatable bonds is 24. The van der Waals surface area contributed by atoms with Gasteiger partial charge in [0.2, 0.25) is 0 Å². The summed E-state index contributed by atoms with van der Waals surface area (Å²) < 4.78 is 0. The van der Waals surface area contributed by atoms with Crippen molar-refractivity contribution in [3.8, 4) is 0 Å². The molecular formula is C27H52O9. The molecule has 9 nitrogen and oxygen atoms in total. The third-order valence-electron chi connectivity index (χ3n) is 6.99. The first kappa shape index (κ1) is 34.9. The first-order valence-electron chi connectivity index (χ1n) is 13.6. The third-order valence-corrected chi connectivity index (χ3v) is 6.99. The summed E-state index contributed by atoms with van der Waals surface area (Å²) in [6, 6.07) is 0. The number of hydrogen-bond acceptors (Lipinski definition) is 8. The predicted molar refractivity (Wildman–Crippen MR) is 138 cm³/mol. The Labute approximate surface area is 216 Å². The van der Waals surface area contributed by atoms with Gasteiger partial charge in [-0.05, 0) is 57.3 Å². The van der Waals surface area contributed by atoms with E-state index in [4.69, 9.17) is 0 Å². The molecule has 0 heterocycles. The Bertz CT molecular complexity index is 557. The van der Waals surface area contributed by atoms with E-state index < -0.39 is 55.4 Å². The monoisotopic (exact) mass is 520 g/mol. The second kappa shape index (κ2) is 20.9. The van der Waals surface area contributed by atoms with Crippen LogP contribution in [-0.4, -0.2) is 91.1 Å². The van der Waals surface area contributed by atoms with Gasteiger partial charge in [-0.3, -0.25) is 4.79 Å². The highest BCUT2D eigenvalue weighted by atomic mass is 16.4. The van der Waals surface area contributed by atoms with Crippen LogP contribution in [0.25, 0.3) is 0 Å². The molecule has 0 aromatic carbocycles. The summed E-state index contributed by atoms with van der Waals surface area (Å²) in [6.45, 7) is 0.300. The van der Waals surface area contributed by atoms with Crippen molar-refractivity contribution in [3.63, 3.8) is 0 Å². The molecule has 0 fully saturated rings. The van der Waals surface area contributed by atoms with Crippen molar-refractivity contribution in [3.05, 3.63) is 12.2 Å². The number of carboxylic acids is 1. The normalized spacial score (nSPS) is 18.0. The van der Waals surface area contributed by atoms with Crippen molar-refractivity contribution in [1.82, 2.24) is 0 Å². The second-order valence-electron chi connectivity index (χ2n) is 10.2. The number of aliphatic carboxylic acids is 1. The second-order valence-corrected chi connectivity index (χ2v) is 10.2. The Kier molecular flexibility index (Phi) is 20.3. The summed E-state index contributed by atoms with van der Waals surface area (Å²) in [6.07, 6.45) is 8.62. The van der Waals surface area contributed by atoms with Gasteiger partial charge in [0.25, 0.3) is 0 Å². The minimum Gasteiger partial charge on any atom is -0.481 e. The Balaban J connectivity index is 4.98. The molecule has 0 aliphatic rings. The molecule has 0 aromatic heterocycles. The van der Waals surface area contributed by atoms with Crippen LogP contribution >= 0.6 is 0 Å². The zero-order valence-corrected chi connectivity index (χ0v) is 22.0.